The Bertz CT molecular complexity index is 1140. The smallest absolute Gasteiger partial charge is 0.260 e. The molecule has 25 heavy (non-hydrogen) atoms. The van der Waals surface area contributed by atoms with Gasteiger partial charge in [-0.25, -0.2) is 4.98 Å². The fourth-order valence-corrected chi connectivity index (χ4v) is 3.10. The molecule has 2 heterocycles. The number of nitrogens with zero attached hydrogens (tertiary/aromatic N) is 2. The van der Waals surface area contributed by atoms with Crippen LogP contribution < -0.4 is 5.56 Å². The third-order valence-corrected chi connectivity index (χ3v) is 4.31. The van der Waals surface area contributed by atoms with E-state index in [2.05, 4.69) is 9.97 Å². The molecule has 0 saturated heterocycles. The number of para-hydroxylation sites is 1. The molecular weight excluding hydrogens is 318 g/mol. The number of aromatic amines is 1. The first-order valence-corrected chi connectivity index (χ1v) is 7.86. The third kappa shape index (κ3) is 2.53. The molecule has 0 fully saturated rings. The maximum absolute atomic E-state index is 12.2. The van der Waals surface area contributed by atoms with E-state index in [1.807, 2.05) is 41.0 Å². The highest BCUT2D eigenvalue weighted by Gasteiger charge is 2.14. The Kier molecular flexibility index (Phi) is 3.66. The molecule has 4 aromatic rings. The highest BCUT2D eigenvalue weighted by atomic mass is 16.3. The number of aromatic nitrogens is 3. The molecule has 0 spiro atoms. The molecular formula is C19H15N3O3. The third-order valence-electron chi connectivity index (χ3n) is 4.31. The Labute approximate surface area is 142 Å². The predicted octanol–water partition coefficient (Wildman–Crippen LogP) is 2.10. The van der Waals surface area contributed by atoms with Crippen LogP contribution in [0.25, 0.3) is 21.9 Å². The van der Waals surface area contributed by atoms with Gasteiger partial charge in [-0.05, 0) is 11.6 Å². The SMILES string of the molecule is O=C(CO)c1ccc(Cn2c3ccccc3c3c(=O)[nH]cnc32)cc1. The minimum absolute atomic E-state index is 0.163. The van der Waals surface area contributed by atoms with Crippen molar-refractivity contribution in [2.75, 3.05) is 6.61 Å². The van der Waals surface area contributed by atoms with Crippen LogP contribution in [0.2, 0.25) is 0 Å². The summed E-state index contributed by atoms with van der Waals surface area (Å²) in [5, 5.41) is 10.4. The highest BCUT2D eigenvalue weighted by Crippen LogP contribution is 2.25. The second-order valence-electron chi connectivity index (χ2n) is 5.81. The van der Waals surface area contributed by atoms with Crippen molar-refractivity contribution in [1.29, 1.82) is 0 Å². The van der Waals surface area contributed by atoms with Crippen molar-refractivity contribution in [2.45, 2.75) is 6.54 Å². The van der Waals surface area contributed by atoms with Gasteiger partial charge in [0.25, 0.3) is 5.56 Å². The Balaban J connectivity index is 1.85. The quantitative estimate of drug-likeness (QED) is 0.560. The molecule has 124 valence electrons. The number of aliphatic hydroxyl groups is 1. The number of Topliss-reactive ketones (excluding diaryl/α,β-unsaturated/α-hetero) is 1. The first kappa shape index (κ1) is 15.3. The lowest BCUT2D eigenvalue weighted by atomic mass is 10.1. The molecule has 2 aromatic heterocycles. The summed E-state index contributed by atoms with van der Waals surface area (Å²) < 4.78 is 1.99. The van der Waals surface area contributed by atoms with Gasteiger partial charge in [0.15, 0.2) is 5.78 Å². The van der Waals surface area contributed by atoms with Crippen LogP contribution in [0.3, 0.4) is 0 Å². The summed E-state index contributed by atoms with van der Waals surface area (Å²) in [5.74, 6) is -0.309. The van der Waals surface area contributed by atoms with Crippen molar-refractivity contribution >= 4 is 27.7 Å². The number of benzene rings is 2. The number of carbonyl (C=O) groups is 1. The summed E-state index contributed by atoms with van der Waals surface area (Å²) >= 11 is 0. The molecule has 2 aromatic carbocycles. The van der Waals surface area contributed by atoms with Gasteiger partial charge in [0, 0.05) is 17.5 Å². The molecule has 2 N–H and O–H groups in total. The van der Waals surface area contributed by atoms with Crippen molar-refractivity contribution < 1.29 is 9.90 Å². The number of fused-ring (bicyclic) bond motifs is 3. The monoisotopic (exact) mass is 333 g/mol. The van der Waals surface area contributed by atoms with Gasteiger partial charge in [0.2, 0.25) is 0 Å². The van der Waals surface area contributed by atoms with Crippen molar-refractivity contribution in [3.8, 4) is 0 Å². The van der Waals surface area contributed by atoms with Gasteiger partial charge < -0.3 is 14.7 Å². The number of nitrogens with one attached hydrogen (secondary N) is 1. The largest absolute Gasteiger partial charge is 0.388 e. The number of hydrogen-bond acceptors (Lipinski definition) is 4. The van der Waals surface area contributed by atoms with Gasteiger partial charge in [0.05, 0.1) is 17.2 Å². The first-order valence-electron chi connectivity index (χ1n) is 7.86. The van der Waals surface area contributed by atoms with Gasteiger partial charge in [0.1, 0.15) is 12.3 Å². The van der Waals surface area contributed by atoms with Gasteiger partial charge in [-0.1, -0.05) is 42.5 Å². The lowest BCUT2D eigenvalue weighted by Gasteiger charge is -2.07. The fourth-order valence-electron chi connectivity index (χ4n) is 3.10. The van der Waals surface area contributed by atoms with E-state index in [-0.39, 0.29) is 11.3 Å². The molecule has 6 nitrogen and oxygen atoms in total. The van der Waals surface area contributed by atoms with Crippen LogP contribution in [0.1, 0.15) is 15.9 Å². The molecule has 0 amide bonds. The van der Waals surface area contributed by atoms with Crippen molar-refractivity contribution in [1.82, 2.24) is 14.5 Å². The van der Waals surface area contributed by atoms with Gasteiger partial charge in [-0.2, -0.15) is 0 Å². The second-order valence-corrected chi connectivity index (χ2v) is 5.81. The van der Waals surface area contributed by atoms with E-state index in [0.29, 0.717) is 23.1 Å². The molecule has 0 unspecified atom stereocenters. The zero-order valence-electron chi connectivity index (χ0n) is 13.3. The van der Waals surface area contributed by atoms with Crippen LogP contribution >= 0.6 is 0 Å². The number of hydrogen-bond donors (Lipinski definition) is 2. The average molecular weight is 333 g/mol. The summed E-state index contributed by atoms with van der Waals surface area (Å²) in [4.78, 5) is 30.7. The van der Waals surface area contributed by atoms with Crippen molar-refractivity contribution in [3.63, 3.8) is 0 Å². The molecule has 0 aliphatic heterocycles. The van der Waals surface area contributed by atoms with E-state index in [9.17, 15) is 9.59 Å². The zero-order valence-corrected chi connectivity index (χ0v) is 13.3. The molecule has 0 aliphatic rings. The number of carbonyl (C=O) groups excluding carboxylic acids is 1. The molecule has 0 saturated carbocycles. The van der Waals surface area contributed by atoms with Crippen LogP contribution in [0.4, 0.5) is 0 Å². The summed E-state index contributed by atoms with van der Waals surface area (Å²) in [6.07, 6.45) is 1.41. The van der Waals surface area contributed by atoms with E-state index >= 15 is 0 Å². The minimum Gasteiger partial charge on any atom is -0.388 e. The van der Waals surface area contributed by atoms with Crippen LogP contribution in [-0.4, -0.2) is 32.0 Å². The minimum atomic E-state index is -0.501. The summed E-state index contributed by atoms with van der Waals surface area (Å²) in [6.45, 7) is 0.0208. The average Bonchev–Trinajstić information content (AvgIpc) is 2.97. The van der Waals surface area contributed by atoms with E-state index < -0.39 is 6.61 Å². The first-order chi connectivity index (χ1) is 12.2. The standard InChI is InChI=1S/C19H15N3O3/c23-10-16(24)13-7-5-12(6-8-13)9-22-15-4-2-1-3-14(15)17-18(22)20-11-21-19(17)25/h1-8,11,23H,9-10H2,(H,20,21,25). The molecule has 0 atom stereocenters. The van der Waals surface area contributed by atoms with E-state index in [1.165, 1.54) is 6.33 Å². The predicted molar refractivity (Wildman–Crippen MR) is 94.8 cm³/mol. The molecule has 4 rings (SSSR count). The van der Waals surface area contributed by atoms with E-state index in [0.717, 1.165) is 16.5 Å². The van der Waals surface area contributed by atoms with Gasteiger partial charge in [-0.3, -0.25) is 9.59 Å². The molecule has 0 aliphatic carbocycles. The number of rotatable bonds is 4. The summed E-state index contributed by atoms with van der Waals surface area (Å²) in [5.41, 5.74) is 2.84. The van der Waals surface area contributed by atoms with Crippen LogP contribution in [0.15, 0.2) is 59.7 Å². The van der Waals surface area contributed by atoms with E-state index in [4.69, 9.17) is 5.11 Å². The Morgan fingerprint density at radius 1 is 1.12 bits per heavy atom. The van der Waals surface area contributed by atoms with E-state index in [1.54, 1.807) is 12.1 Å². The number of ketones is 1. The number of H-pyrrole nitrogens is 1. The topological polar surface area (TPSA) is 88.0 Å². The highest BCUT2D eigenvalue weighted by molar-refractivity contribution is 6.06. The lowest BCUT2D eigenvalue weighted by molar-refractivity contribution is 0.0903. The second kappa shape index (κ2) is 5.99. The van der Waals surface area contributed by atoms with Crippen LogP contribution in [0, 0.1) is 0 Å². The van der Waals surface area contributed by atoms with Crippen LogP contribution in [0.5, 0.6) is 0 Å². The lowest BCUT2D eigenvalue weighted by Crippen LogP contribution is -2.08. The zero-order chi connectivity index (χ0) is 17.4. The normalized spacial score (nSPS) is 11.2. The number of aliphatic hydroxyl groups excluding tert-OH is 1. The molecule has 0 bridgehead atoms. The Morgan fingerprint density at radius 3 is 2.64 bits per heavy atom. The fraction of sp³-hybridized carbons (Fsp3) is 0.105. The molecule has 0 radical (unpaired) electrons. The Morgan fingerprint density at radius 2 is 1.88 bits per heavy atom. The van der Waals surface area contributed by atoms with Crippen molar-refractivity contribution in [2.24, 2.45) is 0 Å². The van der Waals surface area contributed by atoms with Crippen LogP contribution in [-0.2, 0) is 6.54 Å². The Hall–Kier alpha value is -3.25. The maximum atomic E-state index is 12.2. The summed E-state index contributed by atoms with van der Waals surface area (Å²) in [7, 11) is 0. The van der Waals surface area contributed by atoms with Crippen molar-refractivity contribution in [3.05, 3.63) is 76.3 Å². The maximum Gasteiger partial charge on any atom is 0.260 e. The van der Waals surface area contributed by atoms with Gasteiger partial charge >= 0.3 is 0 Å². The van der Waals surface area contributed by atoms with Gasteiger partial charge in [-0.15, -0.1) is 0 Å². The summed E-state index contributed by atoms with van der Waals surface area (Å²) in [6, 6.07) is 14.8. The molecule has 6 heteroatoms.